The van der Waals surface area contributed by atoms with Gasteiger partial charge in [-0.05, 0) is 61.5 Å². The molecule has 28 heavy (non-hydrogen) atoms. The molecule has 3 rings (SSSR count). The average Bonchev–Trinajstić information content (AvgIpc) is 2.74. The van der Waals surface area contributed by atoms with Gasteiger partial charge in [0.15, 0.2) is 0 Å². The van der Waals surface area contributed by atoms with E-state index >= 15 is 0 Å². The van der Waals surface area contributed by atoms with E-state index in [4.69, 9.17) is 14.2 Å². The molecule has 5 heteroatoms. The zero-order chi connectivity index (χ0) is 19.6. The molecule has 0 bridgehead atoms. The molecule has 3 aromatic carbocycles. The topological polar surface area (TPSA) is 56.8 Å². The fourth-order valence-electron chi connectivity index (χ4n) is 2.57. The summed E-state index contributed by atoms with van der Waals surface area (Å²) in [7, 11) is 0. The number of nitrogens with one attached hydrogen (secondary N) is 1. The highest BCUT2D eigenvalue weighted by Gasteiger charge is 2.08. The maximum Gasteiger partial charge on any atom is 0.255 e. The van der Waals surface area contributed by atoms with E-state index in [2.05, 4.69) is 5.32 Å². The van der Waals surface area contributed by atoms with Gasteiger partial charge in [-0.2, -0.15) is 0 Å². The van der Waals surface area contributed by atoms with E-state index in [9.17, 15) is 4.79 Å². The van der Waals surface area contributed by atoms with Crippen molar-refractivity contribution in [2.24, 2.45) is 0 Å². The van der Waals surface area contributed by atoms with Crippen molar-refractivity contribution in [3.63, 3.8) is 0 Å². The Hall–Kier alpha value is -3.47. The van der Waals surface area contributed by atoms with Crippen LogP contribution in [0.2, 0.25) is 0 Å². The van der Waals surface area contributed by atoms with E-state index in [0.717, 1.165) is 11.5 Å². The van der Waals surface area contributed by atoms with Gasteiger partial charge in [-0.25, -0.2) is 0 Å². The van der Waals surface area contributed by atoms with Crippen molar-refractivity contribution in [1.82, 2.24) is 0 Å². The van der Waals surface area contributed by atoms with Gasteiger partial charge >= 0.3 is 0 Å². The zero-order valence-electron chi connectivity index (χ0n) is 15.8. The highest BCUT2D eigenvalue weighted by molar-refractivity contribution is 6.04. The molecule has 0 saturated heterocycles. The van der Waals surface area contributed by atoms with Crippen molar-refractivity contribution in [3.05, 3.63) is 84.4 Å². The molecule has 0 aromatic heterocycles. The number of benzene rings is 3. The number of hydrogen-bond acceptors (Lipinski definition) is 4. The second-order valence-corrected chi connectivity index (χ2v) is 5.95. The second-order valence-electron chi connectivity index (χ2n) is 5.95. The minimum atomic E-state index is -0.199. The predicted octanol–water partition coefficient (Wildman–Crippen LogP) is 4.80. The lowest BCUT2D eigenvalue weighted by atomic mass is 10.2. The van der Waals surface area contributed by atoms with Crippen molar-refractivity contribution < 1.29 is 19.0 Å². The number of carbonyl (C=O) groups is 1. The highest BCUT2D eigenvalue weighted by Crippen LogP contribution is 2.18. The lowest BCUT2D eigenvalue weighted by Crippen LogP contribution is -2.13. The Morgan fingerprint density at radius 3 is 2.11 bits per heavy atom. The summed E-state index contributed by atoms with van der Waals surface area (Å²) < 4.78 is 16.7. The number of ether oxygens (including phenoxy) is 3. The van der Waals surface area contributed by atoms with Gasteiger partial charge in [-0.15, -0.1) is 0 Å². The third-order valence-corrected chi connectivity index (χ3v) is 3.88. The lowest BCUT2D eigenvalue weighted by molar-refractivity contribution is 0.102. The van der Waals surface area contributed by atoms with Crippen molar-refractivity contribution >= 4 is 11.6 Å². The van der Waals surface area contributed by atoms with E-state index in [1.54, 1.807) is 18.2 Å². The molecule has 0 spiro atoms. The quantitative estimate of drug-likeness (QED) is 0.545. The van der Waals surface area contributed by atoms with Crippen LogP contribution in [-0.2, 0) is 0 Å². The van der Waals surface area contributed by atoms with Crippen molar-refractivity contribution in [2.75, 3.05) is 25.1 Å². The van der Waals surface area contributed by atoms with Crippen LogP contribution < -0.4 is 19.5 Å². The molecule has 1 amide bonds. The second kappa shape index (κ2) is 10.0. The van der Waals surface area contributed by atoms with Gasteiger partial charge in [0.1, 0.15) is 30.5 Å². The van der Waals surface area contributed by atoms with E-state index in [1.807, 2.05) is 67.6 Å². The average molecular weight is 377 g/mol. The first kappa shape index (κ1) is 19.3. The molecule has 0 saturated carbocycles. The summed E-state index contributed by atoms with van der Waals surface area (Å²) in [5.74, 6) is 1.99. The fraction of sp³-hybridized carbons (Fsp3) is 0.174. The van der Waals surface area contributed by atoms with Crippen LogP contribution in [0.1, 0.15) is 17.3 Å². The standard InChI is InChI=1S/C23H23NO4/c1-2-26-21-13-11-19(12-14-21)24-23(25)18-7-6-10-22(17-18)28-16-15-27-20-8-4-3-5-9-20/h3-14,17H,2,15-16H2,1H3,(H,24,25). The number of carbonyl (C=O) groups excluding carboxylic acids is 1. The molecule has 0 aliphatic rings. The molecule has 1 N–H and O–H groups in total. The molecule has 0 atom stereocenters. The summed E-state index contributed by atoms with van der Waals surface area (Å²) in [5, 5.41) is 2.87. The van der Waals surface area contributed by atoms with Gasteiger partial charge in [0.2, 0.25) is 0 Å². The van der Waals surface area contributed by atoms with E-state index < -0.39 is 0 Å². The van der Waals surface area contributed by atoms with Crippen LogP contribution in [0, 0.1) is 0 Å². The Labute approximate surface area is 164 Å². The third-order valence-electron chi connectivity index (χ3n) is 3.88. The van der Waals surface area contributed by atoms with Crippen LogP contribution in [0.15, 0.2) is 78.9 Å². The Bertz CT molecular complexity index is 879. The SMILES string of the molecule is CCOc1ccc(NC(=O)c2cccc(OCCOc3ccccc3)c2)cc1. The van der Waals surface area contributed by atoms with E-state index in [0.29, 0.717) is 36.8 Å². The zero-order valence-corrected chi connectivity index (χ0v) is 15.8. The minimum Gasteiger partial charge on any atom is -0.494 e. The number of para-hydroxylation sites is 1. The Morgan fingerprint density at radius 2 is 1.39 bits per heavy atom. The highest BCUT2D eigenvalue weighted by atomic mass is 16.5. The largest absolute Gasteiger partial charge is 0.494 e. The summed E-state index contributed by atoms with van der Waals surface area (Å²) in [6.45, 7) is 3.35. The number of anilines is 1. The molecule has 0 fully saturated rings. The summed E-state index contributed by atoms with van der Waals surface area (Å²) in [6.07, 6.45) is 0. The van der Waals surface area contributed by atoms with Crippen LogP contribution in [0.5, 0.6) is 17.2 Å². The number of rotatable bonds is 9. The molecular weight excluding hydrogens is 354 g/mol. The first-order valence-electron chi connectivity index (χ1n) is 9.19. The van der Waals surface area contributed by atoms with Gasteiger partial charge in [0.05, 0.1) is 6.61 Å². The summed E-state index contributed by atoms with van der Waals surface area (Å²) in [4.78, 5) is 12.5. The minimum absolute atomic E-state index is 0.199. The Balaban J connectivity index is 1.51. The van der Waals surface area contributed by atoms with Crippen LogP contribution in [0.25, 0.3) is 0 Å². The predicted molar refractivity (Wildman–Crippen MR) is 109 cm³/mol. The van der Waals surface area contributed by atoms with Crippen LogP contribution in [0.3, 0.4) is 0 Å². The van der Waals surface area contributed by atoms with Gasteiger partial charge in [-0.1, -0.05) is 24.3 Å². The van der Waals surface area contributed by atoms with Crippen molar-refractivity contribution in [3.8, 4) is 17.2 Å². The normalized spacial score (nSPS) is 10.2. The summed E-state index contributed by atoms with van der Waals surface area (Å²) in [5.41, 5.74) is 1.23. The fourth-order valence-corrected chi connectivity index (χ4v) is 2.57. The molecule has 0 heterocycles. The van der Waals surface area contributed by atoms with Gasteiger partial charge in [0.25, 0.3) is 5.91 Å². The molecule has 5 nitrogen and oxygen atoms in total. The van der Waals surface area contributed by atoms with Crippen LogP contribution >= 0.6 is 0 Å². The summed E-state index contributed by atoms with van der Waals surface area (Å²) >= 11 is 0. The van der Waals surface area contributed by atoms with Crippen LogP contribution in [-0.4, -0.2) is 25.7 Å². The monoisotopic (exact) mass is 377 g/mol. The summed E-state index contributed by atoms with van der Waals surface area (Å²) in [6, 6.07) is 23.9. The molecule has 144 valence electrons. The third kappa shape index (κ3) is 5.77. The Morgan fingerprint density at radius 1 is 0.750 bits per heavy atom. The molecule has 0 radical (unpaired) electrons. The lowest BCUT2D eigenvalue weighted by Gasteiger charge is -2.10. The molecule has 0 aliphatic heterocycles. The van der Waals surface area contributed by atoms with Gasteiger partial charge in [0, 0.05) is 11.3 Å². The van der Waals surface area contributed by atoms with Gasteiger partial charge < -0.3 is 19.5 Å². The number of hydrogen-bond donors (Lipinski definition) is 1. The van der Waals surface area contributed by atoms with Gasteiger partial charge in [-0.3, -0.25) is 4.79 Å². The van der Waals surface area contributed by atoms with E-state index in [-0.39, 0.29) is 5.91 Å². The maximum atomic E-state index is 12.5. The van der Waals surface area contributed by atoms with Crippen molar-refractivity contribution in [1.29, 1.82) is 0 Å². The number of amides is 1. The maximum absolute atomic E-state index is 12.5. The van der Waals surface area contributed by atoms with E-state index in [1.165, 1.54) is 0 Å². The first-order chi connectivity index (χ1) is 13.7. The molecule has 3 aromatic rings. The Kier molecular flexibility index (Phi) is 6.90. The van der Waals surface area contributed by atoms with Crippen molar-refractivity contribution in [2.45, 2.75) is 6.92 Å². The van der Waals surface area contributed by atoms with Crippen LogP contribution in [0.4, 0.5) is 5.69 Å². The molecule has 0 aliphatic carbocycles. The molecular formula is C23H23NO4. The first-order valence-corrected chi connectivity index (χ1v) is 9.19. The molecule has 0 unspecified atom stereocenters. The smallest absolute Gasteiger partial charge is 0.255 e.